The molecule has 112 valence electrons. The lowest BCUT2D eigenvalue weighted by Gasteiger charge is -2.16. The number of nitrogens with one attached hydrogen (secondary N) is 1. The van der Waals surface area contributed by atoms with Gasteiger partial charge in [0.2, 0.25) is 11.7 Å². The molecule has 0 aromatic heterocycles. The first-order chi connectivity index (χ1) is 9.54. The third-order valence-electron chi connectivity index (χ3n) is 2.89. The van der Waals surface area contributed by atoms with E-state index in [9.17, 15) is 4.79 Å². The molecule has 3 N–H and O–H groups in total. The van der Waals surface area contributed by atoms with Crippen molar-refractivity contribution in [1.82, 2.24) is 5.32 Å². The van der Waals surface area contributed by atoms with E-state index in [1.54, 1.807) is 28.3 Å². The summed E-state index contributed by atoms with van der Waals surface area (Å²) in [5, 5.41) is 2.76. The van der Waals surface area contributed by atoms with Gasteiger partial charge in [-0.2, -0.15) is 0 Å². The first kappa shape index (κ1) is 16.1. The van der Waals surface area contributed by atoms with E-state index in [1.165, 1.54) is 0 Å². The van der Waals surface area contributed by atoms with E-state index < -0.39 is 6.04 Å². The molecule has 0 aliphatic heterocycles. The molecule has 1 rings (SSSR count). The first-order valence-corrected chi connectivity index (χ1v) is 6.36. The SMILES string of the molecule is COc1ccc(CCNC(=O)[C@H](C)N)c(OC)c1OC. The summed E-state index contributed by atoms with van der Waals surface area (Å²) >= 11 is 0. The minimum atomic E-state index is -0.512. The molecule has 0 spiro atoms. The molecule has 1 atom stereocenters. The average molecular weight is 282 g/mol. The number of carbonyl (C=O) groups excluding carboxylic acids is 1. The van der Waals surface area contributed by atoms with Crippen molar-refractivity contribution < 1.29 is 19.0 Å². The van der Waals surface area contributed by atoms with Crippen LogP contribution in [0.5, 0.6) is 17.2 Å². The Morgan fingerprint density at radius 2 is 1.85 bits per heavy atom. The monoisotopic (exact) mass is 282 g/mol. The van der Waals surface area contributed by atoms with Gasteiger partial charge in [-0.3, -0.25) is 4.79 Å². The number of nitrogens with two attached hydrogens (primary N) is 1. The number of ether oxygens (including phenoxy) is 3. The predicted octanol–water partition coefficient (Wildman–Crippen LogP) is 0.718. The summed E-state index contributed by atoms with van der Waals surface area (Å²) in [6, 6.07) is 3.18. The maximum absolute atomic E-state index is 11.4. The molecule has 1 aromatic carbocycles. The summed E-state index contributed by atoms with van der Waals surface area (Å²) in [4.78, 5) is 11.4. The van der Waals surface area contributed by atoms with Crippen LogP contribution in [0.15, 0.2) is 12.1 Å². The van der Waals surface area contributed by atoms with Crippen molar-refractivity contribution in [1.29, 1.82) is 0 Å². The van der Waals surface area contributed by atoms with Gasteiger partial charge in [0.15, 0.2) is 11.5 Å². The standard InChI is InChI=1S/C14H22N2O4/c1-9(15)14(17)16-8-7-10-5-6-11(18-2)13(20-4)12(10)19-3/h5-6,9H,7-8,15H2,1-4H3,(H,16,17)/t9-/m0/s1. The van der Waals surface area contributed by atoms with Crippen molar-refractivity contribution in [2.45, 2.75) is 19.4 Å². The average Bonchev–Trinajstić information content (AvgIpc) is 2.45. The zero-order valence-electron chi connectivity index (χ0n) is 12.4. The molecule has 0 aliphatic rings. The Labute approximate surface area is 119 Å². The Balaban J connectivity index is 2.82. The van der Waals surface area contributed by atoms with Crippen LogP contribution in [0.3, 0.4) is 0 Å². The van der Waals surface area contributed by atoms with E-state index in [0.29, 0.717) is 30.2 Å². The normalized spacial score (nSPS) is 11.7. The molecule has 0 bridgehead atoms. The minimum Gasteiger partial charge on any atom is -0.493 e. The number of rotatable bonds is 7. The molecule has 0 radical (unpaired) electrons. The van der Waals surface area contributed by atoms with Crippen molar-refractivity contribution >= 4 is 5.91 Å². The third-order valence-corrected chi connectivity index (χ3v) is 2.89. The van der Waals surface area contributed by atoms with Gasteiger partial charge in [-0.25, -0.2) is 0 Å². The van der Waals surface area contributed by atoms with E-state index in [2.05, 4.69) is 5.32 Å². The smallest absolute Gasteiger partial charge is 0.236 e. The van der Waals surface area contributed by atoms with Crippen molar-refractivity contribution in [3.8, 4) is 17.2 Å². The van der Waals surface area contributed by atoms with Gasteiger partial charge in [-0.05, 0) is 19.4 Å². The van der Waals surface area contributed by atoms with Gasteiger partial charge in [0, 0.05) is 12.1 Å². The largest absolute Gasteiger partial charge is 0.493 e. The molecular weight excluding hydrogens is 260 g/mol. The molecule has 1 amide bonds. The number of methoxy groups -OCH3 is 3. The Morgan fingerprint density at radius 3 is 2.35 bits per heavy atom. The number of amides is 1. The van der Waals surface area contributed by atoms with Crippen LogP contribution in [0.25, 0.3) is 0 Å². The second-order valence-corrected chi connectivity index (χ2v) is 4.32. The fourth-order valence-electron chi connectivity index (χ4n) is 1.84. The van der Waals surface area contributed by atoms with E-state index in [4.69, 9.17) is 19.9 Å². The van der Waals surface area contributed by atoms with Crippen LogP contribution < -0.4 is 25.3 Å². The van der Waals surface area contributed by atoms with E-state index in [0.717, 1.165) is 5.56 Å². The predicted molar refractivity (Wildman–Crippen MR) is 76.5 cm³/mol. The lowest BCUT2D eigenvalue weighted by atomic mass is 10.1. The maximum Gasteiger partial charge on any atom is 0.236 e. The summed E-state index contributed by atoms with van der Waals surface area (Å²) in [6.07, 6.45) is 0.613. The van der Waals surface area contributed by atoms with Gasteiger partial charge >= 0.3 is 0 Å². The van der Waals surface area contributed by atoms with Crippen LogP contribution in [0.4, 0.5) is 0 Å². The summed E-state index contributed by atoms with van der Waals surface area (Å²) in [7, 11) is 4.70. The molecule has 1 aromatic rings. The molecule has 0 saturated carbocycles. The zero-order valence-corrected chi connectivity index (χ0v) is 12.4. The second kappa shape index (κ2) is 7.59. The van der Waals surface area contributed by atoms with Crippen molar-refractivity contribution in [3.63, 3.8) is 0 Å². The fraction of sp³-hybridized carbons (Fsp3) is 0.500. The van der Waals surface area contributed by atoms with Gasteiger partial charge in [0.25, 0.3) is 0 Å². The highest BCUT2D eigenvalue weighted by Gasteiger charge is 2.15. The fourth-order valence-corrected chi connectivity index (χ4v) is 1.84. The van der Waals surface area contributed by atoms with Gasteiger partial charge in [0.05, 0.1) is 27.4 Å². The highest BCUT2D eigenvalue weighted by Crippen LogP contribution is 2.39. The van der Waals surface area contributed by atoms with Crippen LogP contribution >= 0.6 is 0 Å². The Morgan fingerprint density at radius 1 is 1.20 bits per heavy atom. The van der Waals surface area contributed by atoms with Crippen LogP contribution in [0, 0.1) is 0 Å². The molecule has 0 heterocycles. The third kappa shape index (κ3) is 3.77. The lowest BCUT2D eigenvalue weighted by Crippen LogP contribution is -2.39. The molecule has 6 nitrogen and oxygen atoms in total. The van der Waals surface area contributed by atoms with Crippen LogP contribution in [0.1, 0.15) is 12.5 Å². The van der Waals surface area contributed by atoms with Gasteiger partial charge in [-0.1, -0.05) is 6.07 Å². The van der Waals surface area contributed by atoms with E-state index in [1.807, 2.05) is 12.1 Å². The van der Waals surface area contributed by atoms with Crippen molar-refractivity contribution in [2.24, 2.45) is 5.73 Å². The highest BCUT2D eigenvalue weighted by molar-refractivity contribution is 5.80. The summed E-state index contributed by atoms with van der Waals surface area (Å²) in [5.74, 6) is 1.59. The number of hydrogen-bond acceptors (Lipinski definition) is 5. The Bertz CT molecular complexity index is 461. The quantitative estimate of drug-likeness (QED) is 0.770. The molecule has 6 heteroatoms. The topological polar surface area (TPSA) is 82.8 Å². The van der Waals surface area contributed by atoms with Crippen LogP contribution in [-0.4, -0.2) is 39.8 Å². The van der Waals surface area contributed by atoms with Crippen molar-refractivity contribution in [2.75, 3.05) is 27.9 Å². The van der Waals surface area contributed by atoms with E-state index >= 15 is 0 Å². The molecule has 0 saturated heterocycles. The Hall–Kier alpha value is -1.95. The molecule has 0 aliphatic carbocycles. The highest BCUT2D eigenvalue weighted by atomic mass is 16.5. The first-order valence-electron chi connectivity index (χ1n) is 6.36. The van der Waals surface area contributed by atoms with Crippen molar-refractivity contribution in [3.05, 3.63) is 17.7 Å². The lowest BCUT2D eigenvalue weighted by molar-refractivity contribution is -0.121. The van der Waals surface area contributed by atoms with Gasteiger partial charge < -0.3 is 25.3 Å². The summed E-state index contributed by atoms with van der Waals surface area (Å²) in [5.41, 5.74) is 6.41. The molecule has 0 unspecified atom stereocenters. The number of benzene rings is 1. The zero-order chi connectivity index (χ0) is 15.1. The number of carbonyl (C=O) groups is 1. The molecule has 0 fully saturated rings. The number of hydrogen-bond donors (Lipinski definition) is 2. The van der Waals surface area contributed by atoms with Crippen LogP contribution in [0.2, 0.25) is 0 Å². The summed E-state index contributed by atoms with van der Waals surface area (Å²) in [6.45, 7) is 2.12. The van der Waals surface area contributed by atoms with E-state index in [-0.39, 0.29) is 5.91 Å². The summed E-state index contributed by atoms with van der Waals surface area (Å²) < 4.78 is 15.9. The Kier molecular flexibility index (Phi) is 6.11. The van der Waals surface area contributed by atoms with Gasteiger partial charge in [-0.15, -0.1) is 0 Å². The molecular formula is C14H22N2O4. The van der Waals surface area contributed by atoms with Crippen LogP contribution in [-0.2, 0) is 11.2 Å². The second-order valence-electron chi connectivity index (χ2n) is 4.32. The molecule has 20 heavy (non-hydrogen) atoms. The minimum absolute atomic E-state index is 0.176. The maximum atomic E-state index is 11.4. The van der Waals surface area contributed by atoms with Gasteiger partial charge in [0.1, 0.15) is 0 Å².